The third-order valence-corrected chi connectivity index (χ3v) is 20.5. The fourth-order valence-electron chi connectivity index (χ4n) is 12.3. The summed E-state index contributed by atoms with van der Waals surface area (Å²) >= 11 is 0.267. The Balaban J connectivity index is -0.000000863. The molecule has 92 heteroatoms. The van der Waals surface area contributed by atoms with Crippen molar-refractivity contribution in [2.75, 3.05) is 33.5 Å². The van der Waals surface area contributed by atoms with Gasteiger partial charge in [0.15, 0.2) is 25.2 Å². The van der Waals surface area contributed by atoms with Crippen LogP contribution in [-0.2, 0) is 199 Å². The second-order valence-corrected chi connectivity index (χ2v) is 34.8. The van der Waals surface area contributed by atoms with E-state index >= 15 is 0 Å². The van der Waals surface area contributed by atoms with Gasteiger partial charge in [0.2, 0.25) is 72.8 Å². The molecule has 141 heavy (non-hydrogen) atoms. The maximum Gasteiger partial charge on any atom is 1.00 e. The van der Waals surface area contributed by atoms with Gasteiger partial charge in [0.1, 0.15) is 122 Å². The summed E-state index contributed by atoms with van der Waals surface area (Å²) in [6, 6.07) is -6.51. The average molecular weight is 2390 g/mol. The summed E-state index contributed by atoms with van der Waals surface area (Å²) in [5.74, 6) is 0. The molecule has 8 aliphatic rings. The number of aliphatic hydroxyl groups excluding tert-OH is 10. The Morgan fingerprint density at radius 2 is 0.496 bits per heavy atom. The van der Waals surface area contributed by atoms with Gasteiger partial charge >= 0.3 is 325 Å². The minimum atomic E-state index is -5.61. The van der Waals surface area contributed by atoms with Gasteiger partial charge in [-0.15, -0.1) is 0 Å². The molecular formula is C49H81N4Na11O66S11-4. The van der Waals surface area contributed by atoms with Crippen LogP contribution in [0.2, 0.25) is 0 Å². The smallest absolute Gasteiger partial charge is 0.726 e. The van der Waals surface area contributed by atoms with Gasteiger partial charge in [0.25, 0.3) is 0 Å². The van der Waals surface area contributed by atoms with Crippen LogP contribution in [0.25, 0.3) is 0 Å². The molecule has 774 valence electrons. The van der Waals surface area contributed by atoms with E-state index < -0.39 is 320 Å². The standard InChI is InChI=1S/C49H84N4O50S7.11Na.4H2O4S/c1-14-34(59)18(55)6-26(81-14)90-44-24(12-79-109(71,72)73)87-48(32(37(44)62)52-106-102-98-66)94-40-16(3)82-27(7-19(40)56)89-42-22(10-54)85-47(31(36(42)61)51-105-101-97-65)93-39-15(2)83-29(8-20(39)57)92-45-25(13-80-110(74,75)76)88-49(33(38(45)63)53-107-103-99-67)95-41-17(4)84-28(9-21(41)58)91-43-23(11-78-108(68,69)70)86-46(77-5)30(35(43)60)50-104-100-96-64;;;;;;;;;;;;4*1-5(2,3)4/h6-9,14-67H,10-13H2,1-5H3,(H,68,69,70)(H,71,72,73)(H,74,75,76);;;;;;;;;;;;4*(H2,1,2,3,4)/q-4;11*+1;;;;/p-11/t14?,15?,16?,17?,18-,19-,20-,21-,22?,23?,24?,25?,26-,27-,28-,29-,30?,31?,32?,33?,34+,35+,36+,37+,38+,39-,40-,41-,42+,43+,44+,45+,46-,47-,48-,49-;;;;;;;;;;;;;;;/m0.............../s1. The number of aliphatic hydroxyl groups is 10. The van der Waals surface area contributed by atoms with Crippen LogP contribution in [0.1, 0.15) is 27.7 Å². The summed E-state index contributed by atoms with van der Waals surface area (Å²) < 4.78 is 371. The summed E-state index contributed by atoms with van der Waals surface area (Å²) in [5.41, 5.74) is 0. The zero-order chi connectivity index (χ0) is 98.7. The first-order valence-electron chi connectivity index (χ1n) is 34.5. The summed E-state index contributed by atoms with van der Waals surface area (Å²) in [4.78, 5) is 0. The van der Waals surface area contributed by atoms with Crippen LogP contribution in [0.15, 0.2) is 0 Å². The van der Waals surface area contributed by atoms with E-state index in [4.69, 9.17) is 146 Å². The first-order valence-corrected chi connectivity index (χ1v) is 47.0. The second-order valence-electron chi connectivity index (χ2n) is 26.1. The normalized spacial score (nSPS) is 35.5. The number of rotatable bonds is 41. The van der Waals surface area contributed by atoms with E-state index in [2.05, 4.69) is 68.9 Å². The SMILES string of the molecule is CO[C@H]1OC(COS(=O)(=O)[O-])[C@@H](O[C@H]2[CH-][C@H](O)[C@@H](O[C@@H]3OC(COS(=O)(=O)[O-])[C@@H](O[C@H]4[CH-][C@H](O)[C@@H](O[C@@H]5OC(CO)[C@@H](O[C@H]6[CH-][C@H](O)[C@@H](O[C@@H]7OC(COS(=O)(=O)[O-])[C@@H](O[C@H]8[CH-][C@H](O)[C@H](O)C(C)O8)[C@H](O)C7NSOO[O-])C(C)O6)[C@H](O)C5NSOO[O-])C(C)O4)[C@H](O)C3NSOO[O-])C(C)O2)[C@H](O)C1NSOO[O-].O=S(=O)([O-])O.O=S(=O)([O-])O.O=S(=O)([O-])O.O=S(=O)([O-])O.[Na+].[Na+].[Na+].[Na+].[Na+].[Na+].[Na+].[Na+].[Na+].[Na+].[Na+]. The van der Waals surface area contributed by atoms with Crippen LogP contribution in [0.5, 0.6) is 0 Å². The van der Waals surface area contributed by atoms with Gasteiger partial charge in [-0.25, -0.2) is 103 Å². The van der Waals surface area contributed by atoms with E-state index in [9.17, 15) is 111 Å². The van der Waals surface area contributed by atoms with Crippen molar-refractivity contribution in [2.24, 2.45) is 0 Å². The Hall–Kier alpha value is 9.81. The maximum absolute atomic E-state index is 12.1. The molecule has 8 aliphatic heterocycles. The van der Waals surface area contributed by atoms with Crippen molar-refractivity contribution >= 4 is 122 Å². The van der Waals surface area contributed by atoms with E-state index in [-0.39, 0.29) is 374 Å². The fraction of sp³-hybridized carbons (Fsp3) is 0.918. The summed E-state index contributed by atoms with van der Waals surface area (Å²) in [6.45, 7) is 0.671. The van der Waals surface area contributed by atoms with Crippen molar-refractivity contribution in [3.05, 3.63) is 25.7 Å². The molecule has 0 aromatic carbocycles. The molecule has 0 bridgehead atoms. The van der Waals surface area contributed by atoms with Crippen LogP contribution in [-0.4, -0.2) is 415 Å². The van der Waals surface area contributed by atoms with Crippen molar-refractivity contribution in [1.82, 2.24) is 18.9 Å². The minimum absolute atomic E-state index is 0. The third kappa shape index (κ3) is 65.3. The molecule has 8 saturated heterocycles. The quantitative estimate of drug-likeness (QED) is 0.00311. The molecule has 0 aliphatic carbocycles. The van der Waals surface area contributed by atoms with Crippen LogP contribution in [0, 0.1) is 25.7 Å². The van der Waals surface area contributed by atoms with Gasteiger partial charge in [0, 0.05) is 32.3 Å². The van der Waals surface area contributed by atoms with Gasteiger partial charge in [0.05, 0.1) is 99.4 Å². The van der Waals surface area contributed by atoms with Crippen LogP contribution in [0.3, 0.4) is 0 Å². The molecule has 70 nitrogen and oxygen atoms in total. The second kappa shape index (κ2) is 80.7. The predicted octanol–water partition coefficient (Wildman–Crippen LogP) is -51.3. The van der Waals surface area contributed by atoms with Crippen LogP contribution in [0.4, 0.5) is 0 Å². The molecule has 0 aromatic heterocycles. The molecule has 0 saturated carbocycles. The fourth-order valence-corrected chi connectivity index (χ4v) is 14.9. The Morgan fingerprint density at radius 3 is 0.695 bits per heavy atom. The van der Waals surface area contributed by atoms with Crippen LogP contribution < -0.4 is 365 Å². The topological polar surface area (TPSA) is 1070 Å². The molecule has 0 amide bonds. The molecule has 0 radical (unpaired) electrons. The van der Waals surface area contributed by atoms with E-state index in [1.54, 1.807) is 0 Å². The van der Waals surface area contributed by atoms with E-state index in [0.29, 0.717) is 0 Å². The molecule has 8 rings (SSSR count). The first kappa shape index (κ1) is 166. The molecule has 0 aromatic rings. The van der Waals surface area contributed by atoms with Crippen molar-refractivity contribution in [3.8, 4) is 0 Å². The number of hydrogen-bond acceptors (Lipinski definition) is 70. The minimum Gasteiger partial charge on any atom is -0.726 e. The van der Waals surface area contributed by atoms with E-state index in [0.717, 1.165) is 32.8 Å². The van der Waals surface area contributed by atoms with Crippen molar-refractivity contribution in [1.29, 1.82) is 0 Å². The Morgan fingerprint density at radius 1 is 0.298 bits per heavy atom. The maximum atomic E-state index is 12.1. The average Bonchev–Trinajstić information content (AvgIpc) is 0.809. The molecule has 8 heterocycles. The van der Waals surface area contributed by atoms with Crippen molar-refractivity contribution in [3.63, 3.8) is 0 Å². The third-order valence-electron chi connectivity index (χ3n) is 17.3. The molecule has 8 fully saturated rings. The molecule has 0 spiro atoms. The number of hydrogen-bond donors (Lipinski definition) is 18. The van der Waals surface area contributed by atoms with Crippen LogP contribution >= 0.6 is 48.9 Å². The molecule has 18 N–H and O–H groups in total. The molecule has 12 unspecified atom stereocenters. The largest absolute Gasteiger partial charge is 1.00 e. The Labute approximate surface area is 1060 Å². The van der Waals surface area contributed by atoms with Gasteiger partial charge in [-0.1, -0.05) is 0 Å². The zero-order valence-corrected chi connectivity index (χ0v) is 107. The van der Waals surface area contributed by atoms with Gasteiger partial charge in [-0.05, 0) is 52.1 Å². The zero-order valence-electron chi connectivity index (χ0n) is 75.9. The first-order chi connectivity index (χ1) is 60.0. The van der Waals surface area contributed by atoms with E-state index in [1.807, 2.05) is 0 Å². The van der Waals surface area contributed by atoms with Gasteiger partial charge in [-0.2, -0.15) is 17.3 Å². The van der Waals surface area contributed by atoms with E-state index in [1.165, 1.54) is 27.7 Å². The monoisotopic (exact) mass is 2390 g/mol. The molecule has 36 atom stereocenters. The Kier molecular flexibility index (Phi) is 94.9. The van der Waals surface area contributed by atoms with Crippen molar-refractivity contribution in [2.45, 2.75) is 249 Å². The summed E-state index contributed by atoms with van der Waals surface area (Å²) in [7, 11) is -35.1. The molecular weight excluding hydrogens is 2310 g/mol. The van der Waals surface area contributed by atoms with Gasteiger partial charge in [-0.3, -0.25) is 50.9 Å². The van der Waals surface area contributed by atoms with Gasteiger partial charge < -0.3 is 180 Å². The Bertz CT molecular complexity index is 3960. The summed E-state index contributed by atoms with van der Waals surface area (Å²) in [5, 5.41) is 170. The number of methoxy groups -OCH3 is 1. The van der Waals surface area contributed by atoms with Crippen molar-refractivity contribution < 1.29 is 632 Å². The predicted molar refractivity (Wildman–Crippen MR) is 374 cm³/mol. The number of nitrogens with one attached hydrogen (secondary N) is 4. The summed E-state index contributed by atoms with van der Waals surface area (Å²) in [6.07, 6.45) is -51.0. The number of ether oxygens (including phenoxy) is 16.